The molecule has 0 radical (unpaired) electrons. The molecule has 24 heavy (non-hydrogen) atoms. The molecule has 0 unspecified atom stereocenters. The Morgan fingerprint density at radius 1 is 1.25 bits per heavy atom. The number of halogens is 1. The number of aromatic nitrogens is 1. The SMILES string of the molecule is Cn1ccc(C2=C3N=CN(N)C=C3N(Cc3ccccc3F)N2)c1. The van der Waals surface area contributed by atoms with E-state index in [2.05, 4.69) is 10.4 Å². The Hall–Kier alpha value is -3.06. The molecule has 0 atom stereocenters. The number of nitrogens with zero attached hydrogens (tertiary/aromatic N) is 4. The van der Waals surface area contributed by atoms with E-state index in [1.807, 2.05) is 41.2 Å². The first kappa shape index (κ1) is 14.5. The zero-order valence-electron chi connectivity index (χ0n) is 13.1. The summed E-state index contributed by atoms with van der Waals surface area (Å²) in [6.07, 6.45) is 7.29. The zero-order valence-corrected chi connectivity index (χ0v) is 13.1. The van der Waals surface area contributed by atoms with E-state index in [1.54, 1.807) is 24.7 Å². The third-order valence-corrected chi connectivity index (χ3v) is 4.02. The first-order valence-corrected chi connectivity index (χ1v) is 7.55. The van der Waals surface area contributed by atoms with Crippen LogP contribution in [0.4, 0.5) is 4.39 Å². The molecule has 3 N–H and O–H groups in total. The van der Waals surface area contributed by atoms with Crippen LogP contribution in [0.2, 0.25) is 0 Å². The van der Waals surface area contributed by atoms with Crippen LogP contribution in [-0.4, -0.2) is 20.9 Å². The second-order valence-corrected chi connectivity index (χ2v) is 5.78. The molecule has 1 aromatic carbocycles. The highest BCUT2D eigenvalue weighted by Gasteiger charge is 2.30. The maximum absolute atomic E-state index is 14.0. The van der Waals surface area contributed by atoms with Gasteiger partial charge in [0.25, 0.3) is 0 Å². The van der Waals surface area contributed by atoms with Crippen LogP contribution >= 0.6 is 0 Å². The monoisotopic (exact) mass is 324 g/mol. The van der Waals surface area contributed by atoms with E-state index in [4.69, 9.17) is 5.84 Å². The second-order valence-electron chi connectivity index (χ2n) is 5.78. The molecule has 0 amide bonds. The van der Waals surface area contributed by atoms with Crippen molar-refractivity contribution < 1.29 is 4.39 Å². The van der Waals surface area contributed by atoms with Crippen molar-refractivity contribution in [2.75, 3.05) is 0 Å². The Kier molecular flexibility index (Phi) is 3.35. The lowest BCUT2D eigenvalue weighted by Crippen LogP contribution is -2.33. The molecule has 2 aliphatic rings. The number of hydrazine groups is 2. The highest BCUT2D eigenvalue weighted by molar-refractivity contribution is 5.77. The van der Waals surface area contributed by atoms with E-state index in [-0.39, 0.29) is 5.82 Å². The molecule has 0 aliphatic carbocycles. The van der Waals surface area contributed by atoms with Gasteiger partial charge in [-0.05, 0) is 12.1 Å². The Balaban J connectivity index is 1.70. The average Bonchev–Trinajstić information content (AvgIpc) is 3.13. The number of fused-ring (bicyclic) bond motifs is 1. The number of benzene rings is 1. The van der Waals surface area contributed by atoms with Gasteiger partial charge in [-0.3, -0.25) is 15.4 Å². The van der Waals surface area contributed by atoms with Crippen LogP contribution in [0.15, 0.2) is 65.3 Å². The fraction of sp³-hybridized carbons (Fsp3) is 0.118. The van der Waals surface area contributed by atoms with Crippen molar-refractivity contribution in [1.82, 2.24) is 20.0 Å². The van der Waals surface area contributed by atoms with Crippen LogP contribution < -0.4 is 11.3 Å². The minimum Gasteiger partial charge on any atom is -0.357 e. The van der Waals surface area contributed by atoms with Crippen LogP contribution in [0.25, 0.3) is 5.70 Å². The van der Waals surface area contributed by atoms with E-state index >= 15 is 0 Å². The van der Waals surface area contributed by atoms with Crippen molar-refractivity contribution in [2.45, 2.75) is 6.54 Å². The van der Waals surface area contributed by atoms with Gasteiger partial charge in [-0.2, -0.15) is 0 Å². The van der Waals surface area contributed by atoms with Gasteiger partial charge in [-0.1, -0.05) is 18.2 Å². The third kappa shape index (κ3) is 2.44. The molecule has 7 heteroatoms. The molecule has 4 rings (SSSR count). The minimum absolute atomic E-state index is 0.237. The van der Waals surface area contributed by atoms with Crippen molar-refractivity contribution in [2.24, 2.45) is 17.9 Å². The maximum atomic E-state index is 14.0. The molecule has 2 aliphatic heterocycles. The quantitative estimate of drug-likeness (QED) is 0.847. The summed E-state index contributed by atoms with van der Waals surface area (Å²) in [5, 5.41) is 3.25. The Morgan fingerprint density at radius 3 is 2.83 bits per heavy atom. The molecule has 2 aromatic rings. The van der Waals surface area contributed by atoms with Crippen LogP contribution in [-0.2, 0) is 13.6 Å². The summed E-state index contributed by atoms with van der Waals surface area (Å²) in [5.41, 5.74) is 7.41. The summed E-state index contributed by atoms with van der Waals surface area (Å²) in [6.45, 7) is 0.363. The Bertz CT molecular complexity index is 879. The van der Waals surface area contributed by atoms with Gasteiger partial charge in [0, 0.05) is 36.8 Å². The van der Waals surface area contributed by atoms with Crippen LogP contribution in [0.5, 0.6) is 0 Å². The lowest BCUT2D eigenvalue weighted by molar-refractivity contribution is 0.298. The largest absolute Gasteiger partial charge is 0.357 e. The van der Waals surface area contributed by atoms with Crippen LogP contribution in [0.3, 0.4) is 0 Å². The average molecular weight is 324 g/mol. The molecule has 0 bridgehead atoms. The molecule has 0 fully saturated rings. The number of nitrogens with one attached hydrogen (secondary N) is 1. The molecule has 6 nitrogen and oxygen atoms in total. The molecule has 0 saturated heterocycles. The van der Waals surface area contributed by atoms with Gasteiger partial charge in [0.1, 0.15) is 23.5 Å². The number of nitrogens with two attached hydrogens (primary N) is 1. The Morgan fingerprint density at radius 2 is 2.08 bits per heavy atom. The summed E-state index contributed by atoms with van der Waals surface area (Å²) in [4.78, 5) is 4.43. The molecule has 1 aromatic heterocycles. The van der Waals surface area contributed by atoms with Gasteiger partial charge >= 0.3 is 0 Å². The Labute approximate surface area is 138 Å². The summed E-state index contributed by atoms with van der Waals surface area (Å²) in [7, 11) is 1.96. The summed E-state index contributed by atoms with van der Waals surface area (Å²) in [6, 6.07) is 8.74. The van der Waals surface area contributed by atoms with E-state index in [9.17, 15) is 4.39 Å². The van der Waals surface area contributed by atoms with Gasteiger partial charge in [0.05, 0.1) is 12.2 Å². The van der Waals surface area contributed by atoms with Crippen molar-refractivity contribution in [1.29, 1.82) is 0 Å². The predicted octanol–water partition coefficient (Wildman–Crippen LogP) is 1.91. The van der Waals surface area contributed by atoms with Crippen molar-refractivity contribution in [3.05, 3.63) is 77.3 Å². The van der Waals surface area contributed by atoms with Crippen LogP contribution in [0.1, 0.15) is 11.1 Å². The highest BCUT2D eigenvalue weighted by atomic mass is 19.1. The smallest absolute Gasteiger partial charge is 0.128 e. The molecular formula is C17H17FN6. The fourth-order valence-corrected chi connectivity index (χ4v) is 2.84. The van der Waals surface area contributed by atoms with Gasteiger partial charge in [-0.15, -0.1) is 0 Å². The van der Waals surface area contributed by atoms with Crippen LogP contribution in [0, 0.1) is 5.82 Å². The van der Waals surface area contributed by atoms with Gasteiger partial charge in [0.15, 0.2) is 0 Å². The predicted molar refractivity (Wildman–Crippen MR) is 90.0 cm³/mol. The highest BCUT2D eigenvalue weighted by Crippen LogP contribution is 2.34. The number of rotatable bonds is 3. The number of hydrogen-bond donors (Lipinski definition) is 2. The zero-order chi connectivity index (χ0) is 16.7. The molecule has 0 saturated carbocycles. The standard InChI is InChI=1S/C17H17FN6/c1-22-7-6-13(8-22)16-17-15(10-23(19)11-20-17)24(21-16)9-12-4-2-3-5-14(12)18/h2-8,10-11,21H,9,19H2,1H3. The van der Waals surface area contributed by atoms with Gasteiger partial charge in [0.2, 0.25) is 0 Å². The van der Waals surface area contributed by atoms with Crippen molar-refractivity contribution in [3.63, 3.8) is 0 Å². The number of aryl methyl sites for hydroxylation is 1. The summed E-state index contributed by atoms with van der Waals surface area (Å²) < 4.78 is 16.0. The van der Waals surface area contributed by atoms with E-state index in [1.165, 1.54) is 11.1 Å². The van der Waals surface area contributed by atoms with Gasteiger partial charge < -0.3 is 4.57 Å². The van der Waals surface area contributed by atoms with Crippen molar-refractivity contribution >= 4 is 12.0 Å². The molecule has 3 heterocycles. The van der Waals surface area contributed by atoms with E-state index < -0.39 is 0 Å². The first-order chi connectivity index (χ1) is 11.6. The topological polar surface area (TPSA) is 61.8 Å². The number of hydrogen-bond acceptors (Lipinski definition) is 5. The first-order valence-electron chi connectivity index (χ1n) is 7.55. The molecular weight excluding hydrogens is 307 g/mol. The third-order valence-electron chi connectivity index (χ3n) is 4.02. The molecule has 122 valence electrons. The summed E-state index contributed by atoms with van der Waals surface area (Å²) in [5.74, 6) is 5.58. The number of aliphatic imine (C=N–C) groups is 1. The van der Waals surface area contributed by atoms with E-state index in [0.717, 1.165) is 22.7 Å². The van der Waals surface area contributed by atoms with Gasteiger partial charge in [-0.25, -0.2) is 15.2 Å². The lowest BCUT2D eigenvalue weighted by Gasteiger charge is -2.24. The minimum atomic E-state index is -0.237. The molecule has 0 spiro atoms. The summed E-state index contributed by atoms with van der Waals surface area (Å²) >= 11 is 0. The fourth-order valence-electron chi connectivity index (χ4n) is 2.84. The second kappa shape index (κ2) is 5.54. The lowest BCUT2D eigenvalue weighted by atomic mass is 10.2. The maximum Gasteiger partial charge on any atom is 0.128 e. The van der Waals surface area contributed by atoms with E-state index in [0.29, 0.717) is 12.1 Å². The normalized spacial score (nSPS) is 16.4. The van der Waals surface area contributed by atoms with Crippen molar-refractivity contribution in [3.8, 4) is 0 Å².